The first-order valence-electron chi connectivity index (χ1n) is 9.84. The molecule has 0 aromatic carbocycles. The smallest absolute Gasteiger partial charge is 0.309 e. The average molecular weight is 343 g/mol. The second-order valence-corrected chi connectivity index (χ2v) is 6.81. The summed E-state index contributed by atoms with van der Waals surface area (Å²) in [6, 6.07) is 0. The van der Waals surface area contributed by atoms with Crippen molar-refractivity contribution < 1.29 is 19.1 Å². The number of rotatable bonds is 14. The molecule has 3 unspecified atom stereocenters. The topological polar surface area (TPSA) is 52.6 Å². The number of hydrogen-bond acceptors (Lipinski definition) is 4. The highest BCUT2D eigenvalue weighted by molar-refractivity contribution is 5.79. The Bertz CT molecular complexity index is 341. The molecule has 0 saturated heterocycles. The second kappa shape index (κ2) is 14.3. The van der Waals surface area contributed by atoms with Crippen molar-refractivity contribution in [1.82, 2.24) is 0 Å². The van der Waals surface area contributed by atoms with Gasteiger partial charge in [0.1, 0.15) is 6.10 Å². The summed E-state index contributed by atoms with van der Waals surface area (Å²) in [6.45, 7) is 10.6. The van der Waals surface area contributed by atoms with Crippen molar-refractivity contribution in [3.05, 3.63) is 0 Å². The van der Waals surface area contributed by atoms with Gasteiger partial charge in [-0.05, 0) is 25.2 Å². The van der Waals surface area contributed by atoms with E-state index in [0.29, 0.717) is 12.5 Å². The van der Waals surface area contributed by atoms with Gasteiger partial charge in [-0.3, -0.25) is 9.59 Å². The molecule has 0 amide bonds. The number of unbranched alkanes of at least 4 members (excludes halogenated alkanes) is 2. The van der Waals surface area contributed by atoms with Crippen LogP contribution in [0.1, 0.15) is 92.4 Å². The Morgan fingerprint density at radius 2 is 1.54 bits per heavy atom. The van der Waals surface area contributed by atoms with Crippen LogP contribution < -0.4 is 0 Å². The minimum Gasteiger partial charge on any atom is -0.465 e. The van der Waals surface area contributed by atoms with Crippen LogP contribution in [-0.4, -0.2) is 24.6 Å². The maximum absolute atomic E-state index is 12.1. The fourth-order valence-corrected chi connectivity index (χ4v) is 2.56. The highest BCUT2D eigenvalue weighted by Crippen LogP contribution is 2.16. The molecule has 0 aliphatic carbocycles. The summed E-state index contributed by atoms with van der Waals surface area (Å²) in [7, 11) is 0. The van der Waals surface area contributed by atoms with Crippen molar-refractivity contribution in [1.29, 1.82) is 0 Å². The normalized spacial score (nSPS) is 14.7. The van der Waals surface area contributed by atoms with Gasteiger partial charge in [0.25, 0.3) is 0 Å². The Morgan fingerprint density at radius 3 is 2.08 bits per heavy atom. The molecule has 0 rings (SSSR count). The van der Waals surface area contributed by atoms with Crippen LogP contribution in [0.5, 0.6) is 0 Å². The lowest BCUT2D eigenvalue weighted by atomic mass is 10.0. The third kappa shape index (κ3) is 10.7. The van der Waals surface area contributed by atoms with Gasteiger partial charge in [0, 0.05) is 0 Å². The van der Waals surface area contributed by atoms with Crippen molar-refractivity contribution in [2.45, 2.75) is 98.5 Å². The van der Waals surface area contributed by atoms with Gasteiger partial charge < -0.3 is 9.47 Å². The van der Waals surface area contributed by atoms with Gasteiger partial charge >= 0.3 is 11.9 Å². The zero-order valence-corrected chi connectivity index (χ0v) is 16.4. The molecule has 0 fully saturated rings. The molecule has 3 atom stereocenters. The van der Waals surface area contributed by atoms with Crippen LogP contribution in [0.3, 0.4) is 0 Å². The van der Waals surface area contributed by atoms with Gasteiger partial charge in [0.15, 0.2) is 0 Å². The molecule has 0 aromatic heterocycles. The van der Waals surface area contributed by atoms with Crippen LogP contribution in [0.4, 0.5) is 0 Å². The molecule has 4 heteroatoms. The summed E-state index contributed by atoms with van der Waals surface area (Å²) in [5.74, 6) is -0.595. The van der Waals surface area contributed by atoms with Crippen LogP contribution >= 0.6 is 0 Å². The molecule has 0 spiro atoms. The van der Waals surface area contributed by atoms with Crippen molar-refractivity contribution in [3.8, 4) is 0 Å². The summed E-state index contributed by atoms with van der Waals surface area (Å²) in [5.41, 5.74) is 0. The predicted octanol–water partition coefficient (Wildman–Crippen LogP) is 5.28. The largest absolute Gasteiger partial charge is 0.465 e. The Balaban J connectivity index is 4.16. The maximum atomic E-state index is 12.1. The second-order valence-electron chi connectivity index (χ2n) is 6.81. The lowest BCUT2D eigenvalue weighted by molar-refractivity contribution is -0.159. The standard InChI is InChI=1S/C20H38O4/c1-6-10-12-17(8-3)15-23-19(21)14-16(5)20(22)24-18(9-4)13-11-7-2/h16-18H,6-15H2,1-5H3. The summed E-state index contributed by atoms with van der Waals surface area (Å²) in [4.78, 5) is 24.1. The molecule has 0 heterocycles. The third-order valence-corrected chi connectivity index (χ3v) is 4.52. The van der Waals surface area contributed by atoms with Gasteiger partial charge in [-0.15, -0.1) is 0 Å². The number of hydrogen-bond donors (Lipinski definition) is 0. The molecule has 142 valence electrons. The monoisotopic (exact) mass is 342 g/mol. The molecule has 0 radical (unpaired) electrons. The fourth-order valence-electron chi connectivity index (χ4n) is 2.56. The number of carbonyl (C=O) groups excluding carboxylic acids is 2. The minimum atomic E-state index is -0.441. The molecule has 0 saturated carbocycles. The van der Waals surface area contributed by atoms with Gasteiger partial charge in [-0.25, -0.2) is 0 Å². The molecule has 4 nitrogen and oxygen atoms in total. The van der Waals surface area contributed by atoms with Gasteiger partial charge in [-0.2, -0.15) is 0 Å². The first-order valence-corrected chi connectivity index (χ1v) is 9.84. The Morgan fingerprint density at radius 1 is 0.917 bits per heavy atom. The summed E-state index contributed by atoms with van der Waals surface area (Å²) in [5, 5.41) is 0. The average Bonchev–Trinajstić information content (AvgIpc) is 2.58. The van der Waals surface area contributed by atoms with E-state index in [-0.39, 0.29) is 24.5 Å². The molecule has 0 N–H and O–H groups in total. The first-order chi connectivity index (χ1) is 11.5. The van der Waals surface area contributed by atoms with E-state index in [0.717, 1.165) is 51.4 Å². The van der Waals surface area contributed by atoms with E-state index in [9.17, 15) is 9.59 Å². The van der Waals surface area contributed by atoms with Crippen LogP contribution in [0.2, 0.25) is 0 Å². The number of ether oxygens (including phenoxy) is 2. The predicted molar refractivity (Wildman–Crippen MR) is 97.7 cm³/mol. The van der Waals surface area contributed by atoms with Gasteiger partial charge in [0.2, 0.25) is 0 Å². The van der Waals surface area contributed by atoms with E-state index in [1.807, 2.05) is 6.92 Å². The molecular formula is C20H38O4. The molecule has 0 aromatic rings. The van der Waals surface area contributed by atoms with E-state index in [2.05, 4.69) is 20.8 Å². The molecule has 0 aliphatic heterocycles. The zero-order chi connectivity index (χ0) is 18.4. The van der Waals surface area contributed by atoms with Gasteiger partial charge in [0.05, 0.1) is 18.9 Å². The lowest BCUT2D eigenvalue weighted by Gasteiger charge is -2.19. The van der Waals surface area contributed by atoms with E-state index in [1.54, 1.807) is 6.92 Å². The fraction of sp³-hybridized carbons (Fsp3) is 0.900. The van der Waals surface area contributed by atoms with Gasteiger partial charge in [-0.1, -0.05) is 66.7 Å². The summed E-state index contributed by atoms with van der Waals surface area (Å²) >= 11 is 0. The van der Waals surface area contributed by atoms with E-state index < -0.39 is 5.92 Å². The minimum absolute atomic E-state index is 0.0329. The zero-order valence-electron chi connectivity index (χ0n) is 16.4. The Hall–Kier alpha value is -1.06. The van der Waals surface area contributed by atoms with Crippen LogP contribution in [-0.2, 0) is 19.1 Å². The Labute approximate surface area is 148 Å². The van der Waals surface area contributed by atoms with Crippen molar-refractivity contribution in [2.75, 3.05) is 6.61 Å². The first kappa shape index (κ1) is 22.9. The van der Waals surface area contributed by atoms with E-state index in [4.69, 9.17) is 9.47 Å². The molecule has 0 aliphatic rings. The molecule has 0 bridgehead atoms. The lowest BCUT2D eigenvalue weighted by Crippen LogP contribution is -2.25. The van der Waals surface area contributed by atoms with Crippen LogP contribution in [0.15, 0.2) is 0 Å². The summed E-state index contributed by atoms with van der Waals surface area (Å²) in [6.07, 6.45) is 8.35. The molecular weight excluding hydrogens is 304 g/mol. The van der Waals surface area contributed by atoms with Crippen molar-refractivity contribution in [3.63, 3.8) is 0 Å². The molecule has 24 heavy (non-hydrogen) atoms. The van der Waals surface area contributed by atoms with Crippen molar-refractivity contribution >= 4 is 11.9 Å². The van der Waals surface area contributed by atoms with Crippen LogP contribution in [0, 0.1) is 11.8 Å². The van der Waals surface area contributed by atoms with Crippen LogP contribution in [0.25, 0.3) is 0 Å². The SMILES string of the molecule is CCCCC(CC)COC(=O)CC(C)C(=O)OC(CC)CCCC. The van der Waals surface area contributed by atoms with Crippen molar-refractivity contribution in [2.24, 2.45) is 11.8 Å². The quantitative estimate of drug-likeness (QED) is 0.403. The van der Waals surface area contributed by atoms with E-state index >= 15 is 0 Å². The highest BCUT2D eigenvalue weighted by atomic mass is 16.5. The summed E-state index contributed by atoms with van der Waals surface area (Å²) < 4.78 is 10.9. The number of esters is 2. The number of carbonyl (C=O) groups is 2. The highest BCUT2D eigenvalue weighted by Gasteiger charge is 2.22. The Kier molecular flexibility index (Phi) is 13.7. The maximum Gasteiger partial charge on any atom is 0.309 e. The third-order valence-electron chi connectivity index (χ3n) is 4.52. The van der Waals surface area contributed by atoms with E-state index in [1.165, 1.54) is 0 Å².